The van der Waals surface area contributed by atoms with Gasteiger partial charge in [0.15, 0.2) is 0 Å². The number of hydrogen-bond donors (Lipinski definition) is 1. The van der Waals surface area contributed by atoms with Gasteiger partial charge in [-0.15, -0.1) is 0 Å². The van der Waals surface area contributed by atoms with Crippen molar-refractivity contribution in [3.8, 4) is 0 Å². The summed E-state index contributed by atoms with van der Waals surface area (Å²) in [6.07, 6.45) is 4.32. The van der Waals surface area contributed by atoms with Crippen molar-refractivity contribution in [2.45, 2.75) is 12.5 Å². The average Bonchev–Trinajstić information content (AvgIpc) is 2.34. The predicted molar refractivity (Wildman–Crippen MR) is 37.2 cm³/mol. The first-order valence-electron chi connectivity index (χ1n) is 3.26. The van der Waals surface area contributed by atoms with Crippen molar-refractivity contribution in [2.75, 3.05) is 7.11 Å². The second-order valence-electron chi connectivity index (χ2n) is 2.41. The normalized spacial score (nSPS) is 30.6. The molecular weight excluding hydrogens is 130 g/mol. The van der Waals surface area contributed by atoms with E-state index in [1.54, 1.807) is 6.08 Å². The number of ether oxygens (including phenoxy) is 1. The molecule has 2 atom stereocenters. The molecule has 3 heteroatoms. The van der Waals surface area contributed by atoms with Crippen LogP contribution in [0.5, 0.6) is 0 Å². The van der Waals surface area contributed by atoms with Crippen LogP contribution in [0.2, 0.25) is 0 Å². The minimum absolute atomic E-state index is 0.0316. The third kappa shape index (κ3) is 1.36. The number of rotatable bonds is 1. The molecule has 0 aromatic carbocycles. The molecular formula is C7H11NO2. The molecule has 1 rings (SSSR count). The zero-order valence-corrected chi connectivity index (χ0v) is 5.91. The SMILES string of the molecule is COC(=O)C1C=CC(N)C1. The Balaban J connectivity index is 2.46. The van der Waals surface area contributed by atoms with Gasteiger partial charge in [-0.3, -0.25) is 4.79 Å². The highest BCUT2D eigenvalue weighted by molar-refractivity contribution is 5.75. The van der Waals surface area contributed by atoms with Crippen molar-refractivity contribution in [2.24, 2.45) is 11.7 Å². The van der Waals surface area contributed by atoms with E-state index in [1.165, 1.54) is 7.11 Å². The van der Waals surface area contributed by atoms with Gasteiger partial charge in [-0.25, -0.2) is 0 Å². The molecule has 0 amide bonds. The van der Waals surface area contributed by atoms with Gasteiger partial charge < -0.3 is 10.5 Å². The molecule has 1 aliphatic rings. The number of carbonyl (C=O) groups is 1. The molecule has 0 spiro atoms. The Morgan fingerprint density at radius 2 is 2.40 bits per heavy atom. The second kappa shape index (κ2) is 2.84. The van der Waals surface area contributed by atoms with E-state index in [9.17, 15) is 4.79 Å². The van der Waals surface area contributed by atoms with E-state index in [-0.39, 0.29) is 17.9 Å². The molecule has 0 heterocycles. The summed E-state index contributed by atoms with van der Waals surface area (Å²) in [5.74, 6) is -0.302. The van der Waals surface area contributed by atoms with E-state index in [0.717, 1.165) is 0 Å². The smallest absolute Gasteiger partial charge is 0.312 e. The van der Waals surface area contributed by atoms with Crippen LogP contribution in [0, 0.1) is 5.92 Å². The Kier molecular flexibility index (Phi) is 2.06. The van der Waals surface area contributed by atoms with Gasteiger partial charge in [-0.05, 0) is 6.42 Å². The number of nitrogens with two attached hydrogens (primary N) is 1. The van der Waals surface area contributed by atoms with E-state index >= 15 is 0 Å². The van der Waals surface area contributed by atoms with Crippen LogP contribution in [0.3, 0.4) is 0 Å². The first-order valence-corrected chi connectivity index (χ1v) is 3.26. The minimum Gasteiger partial charge on any atom is -0.469 e. The van der Waals surface area contributed by atoms with E-state index in [0.29, 0.717) is 6.42 Å². The highest BCUT2D eigenvalue weighted by Gasteiger charge is 2.22. The van der Waals surface area contributed by atoms with Gasteiger partial charge in [0.05, 0.1) is 13.0 Å². The monoisotopic (exact) mass is 141 g/mol. The molecule has 0 aromatic rings. The lowest BCUT2D eigenvalue weighted by Crippen LogP contribution is -2.19. The number of methoxy groups -OCH3 is 1. The molecule has 2 N–H and O–H groups in total. The fraction of sp³-hybridized carbons (Fsp3) is 0.571. The largest absolute Gasteiger partial charge is 0.469 e. The highest BCUT2D eigenvalue weighted by Crippen LogP contribution is 2.16. The molecule has 0 saturated heterocycles. The van der Waals surface area contributed by atoms with Crippen LogP contribution < -0.4 is 5.73 Å². The molecule has 3 nitrogen and oxygen atoms in total. The second-order valence-corrected chi connectivity index (χ2v) is 2.41. The van der Waals surface area contributed by atoms with Crippen LogP contribution >= 0.6 is 0 Å². The molecule has 0 bridgehead atoms. The molecule has 2 unspecified atom stereocenters. The molecule has 56 valence electrons. The Bertz CT molecular complexity index is 165. The summed E-state index contributed by atoms with van der Waals surface area (Å²) < 4.78 is 4.54. The van der Waals surface area contributed by atoms with Crippen LogP contribution in [-0.4, -0.2) is 19.1 Å². The summed E-state index contributed by atoms with van der Waals surface area (Å²) in [6.45, 7) is 0. The topological polar surface area (TPSA) is 52.3 Å². The van der Waals surface area contributed by atoms with Crippen molar-refractivity contribution in [3.63, 3.8) is 0 Å². The van der Waals surface area contributed by atoms with Crippen LogP contribution in [0.15, 0.2) is 12.2 Å². The maximum Gasteiger partial charge on any atom is 0.312 e. The van der Waals surface area contributed by atoms with Crippen LogP contribution in [0.1, 0.15) is 6.42 Å². The molecule has 0 aromatic heterocycles. The van der Waals surface area contributed by atoms with Crippen LogP contribution in [-0.2, 0) is 9.53 Å². The Morgan fingerprint density at radius 1 is 1.70 bits per heavy atom. The quantitative estimate of drug-likeness (QED) is 0.415. The predicted octanol–water partition coefficient (Wildman–Crippen LogP) is 0.0628. The summed E-state index contributed by atoms with van der Waals surface area (Å²) in [6, 6.07) is 0.0316. The van der Waals surface area contributed by atoms with Gasteiger partial charge in [-0.1, -0.05) is 12.2 Å². The summed E-state index contributed by atoms with van der Waals surface area (Å²) in [5, 5.41) is 0. The first kappa shape index (κ1) is 7.28. The van der Waals surface area contributed by atoms with Crippen molar-refractivity contribution in [3.05, 3.63) is 12.2 Å². The minimum atomic E-state index is -0.191. The molecule has 0 saturated carbocycles. The number of carbonyl (C=O) groups excluding carboxylic acids is 1. The summed E-state index contributed by atoms with van der Waals surface area (Å²) in [4.78, 5) is 10.8. The molecule has 0 aliphatic heterocycles. The summed E-state index contributed by atoms with van der Waals surface area (Å²) >= 11 is 0. The summed E-state index contributed by atoms with van der Waals surface area (Å²) in [5.41, 5.74) is 5.52. The van der Waals surface area contributed by atoms with Gasteiger partial charge in [-0.2, -0.15) is 0 Å². The van der Waals surface area contributed by atoms with E-state index in [1.807, 2.05) is 6.08 Å². The fourth-order valence-corrected chi connectivity index (χ4v) is 1.05. The average molecular weight is 141 g/mol. The highest BCUT2D eigenvalue weighted by atomic mass is 16.5. The molecule has 0 radical (unpaired) electrons. The number of hydrogen-bond acceptors (Lipinski definition) is 3. The maximum absolute atomic E-state index is 10.8. The lowest BCUT2D eigenvalue weighted by Gasteiger charge is -2.04. The third-order valence-electron chi connectivity index (χ3n) is 1.62. The summed E-state index contributed by atoms with van der Waals surface area (Å²) in [7, 11) is 1.39. The lowest BCUT2D eigenvalue weighted by atomic mass is 10.1. The maximum atomic E-state index is 10.8. The van der Waals surface area contributed by atoms with Gasteiger partial charge in [0.1, 0.15) is 0 Å². The van der Waals surface area contributed by atoms with Gasteiger partial charge in [0.2, 0.25) is 0 Å². The molecule has 1 aliphatic carbocycles. The zero-order chi connectivity index (χ0) is 7.56. The van der Waals surface area contributed by atoms with E-state index in [4.69, 9.17) is 5.73 Å². The third-order valence-corrected chi connectivity index (χ3v) is 1.62. The van der Waals surface area contributed by atoms with Crippen LogP contribution in [0.25, 0.3) is 0 Å². The number of esters is 1. The Hall–Kier alpha value is -0.830. The lowest BCUT2D eigenvalue weighted by molar-refractivity contribution is -0.143. The van der Waals surface area contributed by atoms with Gasteiger partial charge in [0, 0.05) is 6.04 Å². The zero-order valence-electron chi connectivity index (χ0n) is 5.91. The van der Waals surface area contributed by atoms with Gasteiger partial charge in [0.25, 0.3) is 0 Å². The molecule has 10 heavy (non-hydrogen) atoms. The Morgan fingerprint density at radius 3 is 2.80 bits per heavy atom. The standard InChI is InChI=1S/C7H11NO2/c1-10-7(9)5-2-3-6(8)4-5/h2-3,5-6H,4,8H2,1H3. The first-order chi connectivity index (χ1) is 4.74. The van der Waals surface area contributed by atoms with E-state index in [2.05, 4.69) is 4.74 Å². The fourth-order valence-electron chi connectivity index (χ4n) is 1.05. The van der Waals surface area contributed by atoms with Crippen LogP contribution in [0.4, 0.5) is 0 Å². The van der Waals surface area contributed by atoms with Crippen molar-refractivity contribution >= 4 is 5.97 Å². The van der Waals surface area contributed by atoms with Crippen molar-refractivity contribution in [1.82, 2.24) is 0 Å². The van der Waals surface area contributed by atoms with Gasteiger partial charge >= 0.3 is 5.97 Å². The van der Waals surface area contributed by atoms with E-state index < -0.39 is 0 Å². The molecule has 0 fully saturated rings. The Labute approximate surface area is 59.8 Å². The van der Waals surface area contributed by atoms with Crippen molar-refractivity contribution in [1.29, 1.82) is 0 Å². The van der Waals surface area contributed by atoms with Crippen molar-refractivity contribution < 1.29 is 9.53 Å².